The topological polar surface area (TPSA) is 231 Å². The van der Waals surface area contributed by atoms with Gasteiger partial charge in [-0.2, -0.15) is 0 Å². The van der Waals surface area contributed by atoms with E-state index >= 15 is 0 Å². The van der Waals surface area contributed by atoms with E-state index in [-0.39, 0.29) is 35.1 Å². The van der Waals surface area contributed by atoms with E-state index in [1.165, 1.54) is 61.7 Å². The van der Waals surface area contributed by atoms with Gasteiger partial charge in [0.2, 0.25) is 11.7 Å². The highest BCUT2D eigenvalue weighted by Crippen LogP contribution is 2.51. The summed E-state index contributed by atoms with van der Waals surface area (Å²) in [6, 6.07) is 16.6. The number of hydrogen-bond acceptors (Lipinski definition) is 15. The molecule has 18 nitrogen and oxygen atoms in total. The predicted octanol–water partition coefficient (Wildman–Crippen LogP) is 4.62. The van der Waals surface area contributed by atoms with Crippen molar-refractivity contribution in [1.29, 1.82) is 0 Å². The van der Waals surface area contributed by atoms with Crippen LogP contribution in [0.25, 0.3) is 10.9 Å². The number of aromatic nitrogens is 1. The summed E-state index contributed by atoms with van der Waals surface area (Å²) in [5.41, 5.74) is 11.1. The van der Waals surface area contributed by atoms with Gasteiger partial charge < -0.3 is 54.3 Å². The summed E-state index contributed by atoms with van der Waals surface area (Å²) in [6.45, 7) is 3.37. The molecule has 2 amide bonds. The standard InChI is InChI=1S/C33H40N2O9.C16H17N3O4S/c1-38-19-7-8-20-21-9-10-35-16-18-13-27(44-32(36)17-11-25(39-2)30(41-4)26(12-17)40-3)31(42-5)28(33(37)43-6)22(18)15-24(35)29(21)34-23(20)14-19;1-8-7-24-15-11(14(21)19(15)12(8)16(22)23)18-13(20)10(17)9-5-3-2-4-6-9/h7-8,11-12,14,18,22,24,27-28,31,34H,9-10,13,15-16H2,1-6H3;2-6,10-11,15H,7,17H2,1H3,(H,18,20)(H,22,23)/t18-,22+,24-,27-,28+,31+;10-,11-,15-/m11/s1. The second-order valence-electron chi connectivity index (χ2n) is 17.4. The van der Waals surface area contributed by atoms with Crippen LogP contribution >= 0.6 is 11.8 Å². The van der Waals surface area contributed by atoms with Gasteiger partial charge in [0.25, 0.3) is 5.91 Å². The molecule has 5 N–H and O–H groups in total. The van der Waals surface area contributed by atoms with Gasteiger partial charge >= 0.3 is 17.9 Å². The van der Waals surface area contributed by atoms with Crippen LogP contribution in [0.4, 0.5) is 0 Å². The Kier molecular flexibility index (Phi) is 14.3. The van der Waals surface area contributed by atoms with Gasteiger partial charge in [0, 0.05) is 48.6 Å². The number of aliphatic carboxylic acids is 1. The number of nitrogens with zero attached hydrogens (tertiary/aromatic N) is 2. The molecule has 2 saturated heterocycles. The van der Waals surface area contributed by atoms with E-state index < -0.39 is 59.3 Å². The van der Waals surface area contributed by atoms with Crippen LogP contribution in [0.15, 0.2) is 71.9 Å². The Morgan fingerprint density at radius 3 is 2.28 bits per heavy atom. The molecule has 0 radical (unpaired) electrons. The number of ether oxygens (including phenoxy) is 7. The van der Waals surface area contributed by atoms with Crippen LogP contribution < -0.4 is 30.0 Å². The number of carbonyl (C=O) groups is 5. The lowest BCUT2D eigenvalue weighted by Crippen LogP contribution is -2.71. The normalized spacial score (nSPS) is 25.4. The second kappa shape index (κ2) is 20.1. The molecule has 1 aliphatic carbocycles. The third kappa shape index (κ3) is 8.83. The van der Waals surface area contributed by atoms with Crippen molar-refractivity contribution >= 4 is 52.4 Å². The summed E-state index contributed by atoms with van der Waals surface area (Å²) in [7, 11) is 9.10. The van der Waals surface area contributed by atoms with E-state index in [9.17, 15) is 29.1 Å². The quantitative estimate of drug-likeness (QED) is 0.112. The van der Waals surface area contributed by atoms with E-state index in [0.717, 1.165) is 37.2 Å². The number of nitrogens with two attached hydrogens (primary N) is 1. The molecule has 0 spiro atoms. The molecule has 4 aliphatic heterocycles. The molecule has 9 atom stereocenters. The van der Waals surface area contributed by atoms with Crippen LogP contribution in [0, 0.1) is 17.8 Å². The van der Waals surface area contributed by atoms with Crippen LogP contribution in [-0.2, 0) is 39.8 Å². The number of benzene rings is 3. The zero-order valence-electron chi connectivity index (χ0n) is 38.9. The number of H-pyrrole nitrogens is 1. The number of amides is 2. The Morgan fingerprint density at radius 2 is 1.65 bits per heavy atom. The molecule has 1 saturated carbocycles. The molecule has 68 heavy (non-hydrogen) atoms. The van der Waals surface area contributed by atoms with Crippen molar-refractivity contribution in [3.05, 3.63) is 94.3 Å². The van der Waals surface area contributed by atoms with Crippen molar-refractivity contribution in [2.45, 2.75) is 61.9 Å². The zero-order valence-corrected chi connectivity index (χ0v) is 39.8. The maximum absolute atomic E-state index is 13.5. The molecule has 3 aromatic carbocycles. The highest BCUT2D eigenvalue weighted by molar-refractivity contribution is 8.00. The number of carbonyl (C=O) groups excluding carboxylic acids is 4. The highest BCUT2D eigenvalue weighted by atomic mass is 32.2. The third-order valence-corrected chi connectivity index (χ3v) is 15.3. The van der Waals surface area contributed by atoms with Crippen LogP contribution in [0.5, 0.6) is 23.0 Å². The molecule has 5 aliphatic rings. The van der Waals surface area contributed by atoms with Crippen molar-refractivity contribution in [2.75, 3.05) is 61.5 Å². The SMILES string of the molecule is CC1=C(C(=O)O)N2C(=O)[C@@H](NC(=O)[C@H](N)c3ccccc3)[C@H]2SC1.COC(=O)[C@H]1[C@H]2C[C@@H]3c4[nH]c5cc(OC)ccc5c4CCN3C[C@H]2C[C@@H](OC(=O)c2cc(OC)c(OC)c(OC)c2)[C@@H]1OC. The number of rotatable bonds is 12. The van der Waals surface area contributed by atoms with Crippen LogP contribution in [0.3, 0.4) is 0 Å². The van der Waals surface area contributed by atoms with Gasteiger partial charge in [0.15, 0.2) is 11.5 Å². The van der Waals surface area contributed by atoms with Crippen molar-refractivity contribution in [2.24, 2.45) is 23.5 Å². The molecule has 19 heteroatoms. The number of thioether (sulfide) groups is 1. The maximum atomic E-state index is 13.5. The zero-order chi connectivity index (χ0) is 48.6. The lowest BCUT2D eigenvalue weighted by molar-refractivity contribution is -0.176. The average molecular weight is 956 g/mol. The molecule has 0 bridgehead atoms. The number of methoxy groups -OCH3 is 6. The van der Waals surface area contributed by atoms with Crippen LogP contribution in [-0.4, -0.2) is 135 Å². The first kappa shape index (κ1) is 48.2. The fourth-order valence-corrected chi connectivity index (χ4v) is 11.9. The summed E-state index contributed by atoms with van der Waals surface area (Å²) in [6.07, 6.45) is 0.920. The molecule has 9 rings (SSSR count). The summed E-state index contributed by atoms with van der Waals surface area (Å²) in [4.78, 5) is 70.3. The van der Waals surface area contributed by atoms with Gasteiger partial charge in [-0.1, -0.05) is 30.3 Å². The summed E-state index contributed by atoms with van der Waals surface area (Å²) in [5.74, 6) is -1.05. The van der Waals surface area contributed by atoms with E-state index in [2.05, 4.69) is 21.3 Å². The Balaban J connectivity index is 0.000000219. The first-order valence-corrected chi connectivity index (χ1v) is 23.3. The highest BCUT2D eigenvalue weighted by Gasteiger charge is 2.56. The minimum Gasteiger partial charge on any atom is -0.497 e. The number of carboxylic acid groups (broad SMARTS) is 1. The Hall–Kier alpha value is -6.28. The summed E-state index contributed by atoms with van der Waals surface area (Å²) < 4.78 is 39.1. The number of fused-ring (bicyclic) bond motifs is 7. The minimum atomic E-state index is -1.13. The number of aromatic amines is 1. The molecule has 0 unspecified atom stereocenters. The second-order valence-corrected chi connectivity index (χ2v) is 18.5. The lowest BCUT2D eigenvalue weighted by Gasteiger charge is -2.52. The Bertz CT molecular complexity index is 2600. The van der Waals surface area contributed by atoms with Crippen molar-refractivity contribution in [3.8, 4) is 23.0 Å². The molecule has 362 valence electrons. The maximum Gasteiger partial charge on any atom is 0.352 e. The van der Waals surface area contributed by atoms with Crippen molar-refractivity contribution in [3.63, 3.8) is 0 Å². The smallest absolute Gasteiger partial charge is 0.352 e. The summed E-state index contributed by atoms with van der Waals surface area (Å²) >= 11 is 1.43. The number of carboxylic acids is 1. The lowest BCUT2D eigenvalue weighted by atomic mass is 9.63. The molecule has 1 aromatic heterocycles. The number of β-lactam (4-membered cyclic amide) rings is 1. The molecule has 3 fully saturated rings. The van der Waals surface area contributed by atoms with Crippen LogP contribution in [0.1, 0.15) is 59.0 Å². The molecular weight excluding hydrogens is 899 g/mol. The van der Waals surface area contributed by atoms with Gasteiger partial charge in [-0.3, -0.25) is 24.2 Å². The fourth-order valence-electron chi connectivity index (χ4n) is 10.6. The summed E-state index contributed by atoms with van der Waals surface area (Å²) in [5, 5.41) is 12.7. The van der Waals surface area contributed by atoms with Gasteiger partial charge in [0.05, 0.1) is 53.1 Å². The monoisotopic (exact) mass is 955 g/mol. The van der Waals surface area contributed by atoms with E-state index in [1.807, 2.05) is 18.2 Å². The third-order valence-electron chi connectivity index (χ3n) is 13.9. The largest absolute Gasteiger partial charge is 0.497 e. The minimum absolute atomic E-state index is 0.0154. The van der Waals surface area contributed by atoms with Gasteiger partial charge in [-0.05, 0) is 79.0 Å². The number of hydrogen-bond donors (Lipinski definition) is 4. The van der Waals surface area contributed by atoms with Crippen LogP contribution in [0.2, 0.25) is 0 Å². The fraction of sp³-hybridized carbons (Fsp3) is 0.449. The van der Waals surface area contributed by atoms with E-state index in [1.54, 1.807) is 57.5 Å². The van der Waals surface area contributed by atoms with E-state index in [0.29, 0.717) is 40.6 Å². The Labute approximate surface area is 397 Å². The number of esters is 2. The first-order chi connectivity index (χ1) is 32.8. The Morgan fingerprint density at radius 1 is 0.926 bits per heavy atom. The van der Waals surface area contributed by atoms with E-state index in [4.69, 9.17) is 38.9 Å². The first-order valence-electron chi connectivity index (χ1n) is 22.3. The van der Waals surface area contributed by atoms with Gasteiger partial charge in [-0.25, -0.2) is 9.59 Å². The van der Waals surface area contributed by atoms with Gasteiger partial charge in [-0.15, -0.1) is 11.8 Å². The van der Waals surface area contributed by atoms with Crippen molar-refractivity contribution < 1.29 is 62.2 Å². The van der Waals surface area contributed by atoms with Crippen molar-refractivity contribution in [1.82, 2.24) is 20.1 Å². The molecule has 5 heterocycles. The number of piperidine rings is 1. The molecular formula is C49H57N5O13S. The van der Waals surface area contributed by atoms with Gasteiger partial charge in [0.1, 0.15) is 41.1 Å². The predicted molar refractivity (Wildman–Crippen MR) is 249 cm³/mol. The number of nitrogens with one attached hydrogen (secondary N) is 2. The molecule has 4 aromatic rings. The average Bonchev–Trinajstić information content (AvgIpc) is 3.74.